The Kier molecular flexibility index (Phi) is 9.23. The first-order valence-corrected chi connectivity index (χ1v) is 10.7. The largest absolute Gasteiger partial charge is 0.449 e. The Balaban J connectivity index is 3.51. The number of nitrogens with zero attached hydrogens (tertiary/aromatic N) is 2. The predicted molar refractivity (Wildman–Crippen MR) is 122 cm³/mol. The quantitative estimate of drug-likeness (QED) is 0.312. The molecule has 1 heterocycles. The van der Waals surface area contributed by atoms with Crippen LogP contribution in [0.2, 0.25) is 0 Å². The van der Waals surface area contributed by atoms with Crippen molar-refractivity contribution in [3.8, 4) is 0 Å². The molecule has 0 bridgehead atoms. The number of hydrogen-bond donors (Lipinski definition) is 4. The van der Waals surface area contributed by atoms with Crippen molar-refractivity contribution in [1.29, 1.82) is 0 Å². The van der Waals surface area contributed by atoms with Crippen molar-refractivity contribution in [3.63, 3.8) is 0 Å². The highest BCUT2D eigenvalue weighted by atomic mass is 32.2. The maximum atomic E-state index is 12.1. The zero-order valence-electron chi connectivity index (χ0n) is 17.1. The van der Waals surface area contributed by atoms with E-state index in [-0.39, 0.29) is 0 Å². The molecule has 1 aromatic heterocycles. The van der Waals surface area contributed by atoms with Crippen LogP contribution in [0.3, 0.4) is 0 Å². The van der Waals surface area contributed by atoms with Gasteiger partial charge in [0.25, 0.3) is 0 Å². The summed E-state index contributed by atoms with van der Waals surface area (Å²) in [6.45, 7) is 9.55. The zero-order valence-corrected chi connectivity index (χ0v) is 17.9. The fourth-order valence-corrected chi connectivity index (χ4v) is 4.58. The Morgan fingerprint density at radius 1 is 1.43 bits per heavy atom. The summed E-state index contributed by atoms with van der Waals surface area (Å²) < 4.78 is 9.96. The molecular weight excluding hydrogens is 377 g/mol. The van der Waals surface area contributed by atoms with E-state index in [1.807, 2.05) is 38.4 Å². The summed E-state index contributed by atoms with van der Waals surface area (Å²) in [6, 6.07) is 1.64. The monoisotopic (exact) mass is 407 g/mol. The lowest BCUT2D eigenvalue weighted by Crippen LogP contribution is -2.27. The topological polar surface area (TPSA) is 136 Å². The van der Waals surface area contributed by atoms with Crippen molar-refractivity contribution >= 4 is 50.4 Å². The third-order valence-electron chi connectivity index (χ3n) is 3.77. The van der Waals surface area contributed by atoms with Gasteiger partial charge >= 0.3 is 13.1 Å². The highest BCUT2D eigenvalue weighted by molar-refractivity contribution is 8.28. The van der Waals surface area contributed by atoms with Crippen LogP contribution in [0.15, 0.2) is 33.2 Å². The second-order valence-electron chi connectivity index (χ2n) is 6.09. The number of nitrogens with one attached hydrogen (secondary N) is 1. The first-order chi connectivity index (χ1) is 13.2. The summed E-state index contributed by atoms with van der Waals surface area (Å²) in [5.41, 5.74) is 13.5. The van der Waals surface area contributed by atoms with E-state index in [1.54, 1.807) is 19.1 Å². The molecule has 0 unspecified atom stereocenters. The van der Waals surface area contributed by atoms with Gasteiger partial charge in [-0.2, -0.15) is 0 Å². The molecule has 8 nitrogen and oxygen atoms in total. The number of allylic oxidation sites excluding steroid dienone is 2. The Morgan fingerprint density at radius 2 is 2.07 bits per heavy atom. The van der Waals surface area contributed by atoms with Crippen molar-refractivity contribution in [2.24, 2.45) is 10.0 Å². The molecule has 28 heavy (non-hydrogen) atoms. The van der Waals surface area contributed by atoms with Gasteiger partial charge < -0.3 is 21.1 Å². The van der Waals surface area contributed by atoms with Gasteiger partial charge in [0.1, 0.15) is 5.03 Å². The van der Waals surface area contributed by atoms with Crippen LogP contribution in [0.25, 0.3) is 0 Å². The molecule has 0 aromatic carbocycles. The first-order valence-electron chi connectivity index (χ1n) is 8.98. The molecular formula is C18H30BN5O3S. The van der Waals surface area contributed by atoms with E-state index >= 15 is 0 Å². The summed E-state index contributed by atoms with van der Waals surface area (Å²) >= 11 is 0. The molecule has 1 aromatic rings. The number of hydrogen-bond acceptors (Lipinski definition) is 7. The molecule has 0 atom stereocenters. The second kappa shape index (κ2) is 10.9. The van der Waals surface area contributed by atoms with Crippen LogP contribution < -0.4 is 16.7 Å². The first kappa shape index (κ1) is 23.7. The van der Waals surface area contributed by atoms with E-state index in [9.17, 15) is 9.82 Å². The van der Waals surface area contributed by atoms with Crippen LogP contribution in [-0.2, 0) is 4.74 Å². The van der Waals surface area contributed by atoms with Gasteiger partial charge in [0.2, 0.25) is 0 Å². The lowest BCUT2D eigenvalue weighted by molar-refractivity contribution is 0.161. The van der Waals surface area contributed by atoms with E-state index < -0.39 is 22.5 Å². The van der Waals surface area contributed by atoms with Crippen LogP contribution >= 0.6 is 9.39 Å². The van der Waals surface area contributed by atoms with Crippen molar-refractivity contribution in [3.05, 3.63) is 23.8 Å². The van der Waals surface area contributed by atoms with E-state index in [0.717, 1.165) is 6.42 Å². The Morgan fingerprint density at radius 3 is 2.61 bits per heavy atom. The molecule has 154 valence electrons. The number of carbonyl (C=O) groups is 1. The molecule has 1 amide bonds. The van der Waals surface area contributed by atoms with E-state index in [0.29, 0.717) is 34.2 Å². The number of amides is 1. The van der Waals surface area contributed by atoms with E-state index in [4.69, 9.17) is 20.5 Å². The lowest BCUT2D eigenvalue weighted by atomic mass is 9.76. The molecule has 0 radical (unpaired) electrons. The van der Waals surface area contributed by atoms with Gasteiger partial charge in [-0.25, -0.2) is 14.2 Å². The number of aromatic nitrogens is 1. The van der Waals surface area contributed by atoms with Gasteiger partial charge in [-0.1, -0.05) is 21.8 Å². The van der Waals surface area contributed by atoms with Crippen molar-refractivity contribution in [2.45, 2.75) is 46.1 Å². The van der Waals surface area contributed by atoms with Gasteiger partial charge in [0.05, 0.1) is 24.2 Å². The molecule has 0 aliphatic heterocycles. The summed E-state index contributed by atoms with van der Waals surface area (Å²) in [5, 5.41) is 16.7. The van der Waals surface area contributed by atoms with Gasteiger partial charge in [-0.05, 0) is 57.0 Å². The summed E-state index contributed by atoms with van der Waals surface area (Å²) in [6.07, 6.45) is 3.40. The van der Waals surface area contributed by atoms with Gasteiger partial charge in [-0.15, -0.1) is 0 Å². The highest BCUT2D eigenvalue weighted by Crippen LogP contribution is 2.40. The number of rotatable bonds is 7. The molecule has 0 spiro atoms. The molecule has 6 N–H and O–H groups in total. The lowest BCUT2D eigenvalue weighted by Gasteiger charge is -2.18. The normalized spacial score (nSPS) is 12.4. The average Bonchev–Trinajstić information content (AvgIpc) is 2.64. The predicted octanol–water partition coefficient (Wildman–Crippen LogP) is 2.73. The van der Waals surface area contributed by atoms with Gasteiger partial charge in [0, 0.05) is 5.71 Å². The average molecular weight is 407 g/mol. The highest BCUT2D eigenvalue weighted by Gasteiger charge is 2.16. The van der Waals surface area contributed by atoms with Gasteiger partial charge in [0.15, 0.2) is 0 Å². The van der Waals surface area contributed by atoms with Gasteiger partial charge in [-0.3, -0.25) is 5.32 Å². The van der Waals surface area contributed by atoms with Crippen LogP contribution in [0.1, 0.15) is 41.0 Å². The molecule has 0 saturated heterocycles. The van der Waals surface area contributed by atoms with Crippen LogP contribution in [0.5, 0.6) is 0 Å². The maximum Gasteiger partial charge on any atom is 0.411 e. The summed E-state index contributed by atoms with van der Waals surface area (Å²) in [4.78, 5) is 16.6. The fraction of sp³-hybridized carbons (Fsp3) is 0.389. The molecule has 1 rings (SSSR count). The minimum absolute atomic E-state index is 0.317. The molecule has 0 aliphatic carbocycles. The summed E-state index contributed by atoms with van der Waals surface area (Å²) in [7, 11) is -3.05. The van der Waals surface area contributed by atoms with Crippen molar-refractivity contribution < 1.29 is 14.6 Å². The smallest absolute Gasteiger partial charge is 0.411 e. The summed E-state index contributed by atoms with van der Waals surface area (Å²) in [5.74, 6) is 0. The minimum Gasteiger partial charge on any atom is -0.449 e. The van der Waals surface area contributed by atoms with Crippen LogP contribution in [0, 0.1) is 0 Å². The van der Waals surface area contributed by atoms with Crippen molar-refractivity contribution in [1.82, 2.24) is 4.98 Å². The number of carbonyl (C=O) groups excluding carboxylic acids is 1. The van der Waals surface area contributed by atoms with Crippen LogP contribution in [-0.4, -0.2) is 46.2 Å². The molecule has 0 fully saturated rings. The molecule has 10 heteroatoms. The Bertz CT molecular complexity index is 873. The number of nitrogens with two attached hydrogens (primary N) is 2. The Labute approximate surface area is 167 Å². The van der Waals surface area contributed by atoms with E-state index in [2.05, 4.69) is 10.3 Å². The third-order valence-corrected chi connectivity index (χ3v) is 6.75. The molecule has 0 saturated carbocycles. The minimum atomic E-state index is -2.00. The van der Waals surface area contributed by atoms with Crippen molar-refractivity contribution in [2.75, 3.05) is 17.7 Å². The SMILES string of the molecule is CC=S(=CC)(N=C(C)/C=C(\C)B(N)O)c1ncc(N)cc1NC(=O)OCCC. The molecule has 0 aliphatic rings. The number of pyridine rings is 1. The van der Waals surface area contributed by atoms with E-state index in [1.165, 1.54) is 6.20 Å². The number of ether oxygens (including phenoxy) is 1. The Hall–Kier alpha value is -2.30. The maximum absolute atomic E-state index is 12.1. The number of anilines is 2. The second-order valence-corrected chi connectivity index (χ2v) is 8.95. The fourth-order valence-electron chi connectivity index (χ4n) is 2.35. The standard InChI is InChI=1S/C18H30BN5O3S/c1-6-9-27-18(25)23-16-11-15(20)12-22-17(16)28(7-2,8-3)24-14(5)10-13(4)19(21)26/h7-8,10-12,26H,6,9,20-21H2,1-5H3,(H,23,25)/b13-10+,24-14?. The zero-order chi connectivity index (χ0) is 21.3. The number of nitrogen functional groups attached to an aromatic ring is 1. The van der Waals surface area contributed by atoms with Crippen LogP contribution in [0.4, 0.5) is 16.2 Å². The third kappa shape index (κ3) is 6.40.